The van der Waals surface area contributed by atoms with Crippen LogP contribution in [0.2, 0.25) is 0 Å². The lowest BCUT2D eigenvalue weighted by Gasteiger charge is -2.16. The maximum atomic E-state index is 12.6. The lowest BCUT2D eigenvalue weighted by Crippen LogP contribution is -2.32. The summed E-state index contributed by atoms with van der Waals surface area (Å²) in [7, 11) is 0. The van der Waals surface area contributed by atoms with Gasteiger partial charge in [-0.25, -0.2) is 8.78 Å². The van der Waals surface area contributed by atoms with Gasteiger partial charge in [0.2, 0.25) is 0 Å². The number of rotatable bonds is 5. The van der Waals surface area contributed by atoms with Gasteiger partial charge in [-0.1, -0.05) is 18.2 Å². The van der Waals surface area contributed by atoms with Crippen molar-refractivity contribution in [2.75, 3.05) is 13.1 Å². The normalized spacial score (nSPS) is 24.3. The molecule has 1 aromatic rings. The Morgan fingerprint density at radius 1 is 1.26 bits per heavy atom. The lowest BCUT2D eigenvalue weighted by molar-refractivity contribution is 0.151. The molecule has 0 amide bonds. The Hall–Kier alpha value is -1.00. The minimum Gasteiger partial charge on any atom is -0.309 e. The Labute approximate surface area is 112 Å². The fraction of sp³-hybridized carbons (Fsp3) is 0.600. The van der Waals surface area contributed by atoms with E-state index in [2.05, 4.69) is 10.2 Å². The summed E-state index contributed by atoms with van der Waals surface area (Å²) in [5.74, 6) is 0. The zero-order valence-electron chi connectivity index (χ0n) is 11.0. The van der Waals surface area contributed by atoms with Crippen LogP contribution in [0.4, 0.5) is 8.78 Å². The molecule has 0 radical (unpaired) electrons. The number of hydrogen-bond donors (Lipinski definition) is 1. The second-order valence-electron chi connectivity index (χ2n) is 5.64. The topological polar surface area (TPSA) is 15.3 Å². The van der Waals surface area contributed by atoms with Crippen LogP contribution < -0.4 is 5.32 Å². The first-order chi connectivity index (χ1) is 9.22. The average molecular weight is 266 g/mol. The van der Waals surface area contributed by atoms with Crippen molar-refractivity contribution in [3.8, 4) is 0 Å². The minimum atomic E-state index is -2.38. The Balaban J connectivity index is 1.50. The summed E-state index contributed by atoms with van der Waals surface area (Å²) >= 11 is 0. The molecular formula is C15H20F2N2. The van der Waals surface area contributed by atoms with E-state index >= 15 is 0 Å². The van der Waals surface area contributed by atoms with Crippen LogP contribution in [-0.2, 0) is 6.54 Å². The minimum absolute atomic E-state index is 0.116. The number of likely N-dealkylation sites (tertiary alicyclic amines) is 1. The average Bonchev–Trinajstić information content (AvgIpc) is 3.16. The molecule has 1 aromatic carbocycles. The molecule has 2 nitrogen and oxygen atoms in total. The fourth-order valence-electron chi connectivity index (χ4n) is 2.83. The van der Waals surface area contributed by atoms with Crippen molar-refractivity contribution in [2.45, 2.75) is 44.3 Å². The number of hydrogen-bond acceptors (Lipinski definition) is 2. The summed E-state index contributed by atoms with van der Waals surface area (Å²) in [5.41, 5.74) is 1.06. The molecule has 19 heavy (non-hydrogen) atoms. The number of nitrogens with one attached hydrogen (secondary N) is 1. The second-order valence-corrected chi connectivity index (χ2v) is 5.64. The van der Waals surface area contributed by atoms with Gasteiger partial charge in [-0.15, -0.1) is 0 Å². The van der Waals surface area contributed by atoms with E-state index in [0.717, 1.165) is 18.2 Å². The molecule has 1 N–H and O–H groups in total. The van der Waals surface area contributed by atoms with Crippen LogP contribution in [0.5, 0.6) is 0 Å². The Kier molecular flexibility index (Phi) is 3.80. The third-order valence-corrected chi connectivity index (χ3v) is 4.08. The molecule has 1 aliphatic heterocycles. The van der Waals surface area contributed by atoms with E-state index in [1.807, 2.05) is 6.07 Å². The van der Waals surface area contributed by atoms with E-state index in [4.69, 9.17) is 0 Å². The molecule has 1 atom stereocenters. The number of nitrogens with zero attached hydrogens (tertiary/aromatic N) is 1. The van der Waals surface area contributed by atoms with E-state index in [0.29, 0.717) is 12.6 Å². The zero-order chi connectivity index (χ0) is 13.2. The highest BCUT2D eigenvalue weighted by atomic mass is 19.3. The van der Waals surface area contributed by atoms with Crippen molar-refractivity contribution in [2.24, 2.45) is 0 Å². The molecule has 1 saturated carbocycles. The highest BCUT2D eigenvalue weighted by Gasteiger charge is 2.33. The maximum Gasteiger partial charge on any atom is 0.263 e. The van der Waals surface area contributed by atoms with E-state index in [-0.39, 0.29) is 5.56 Å². The molecule has 0 bridgehead atoms. The van der Waals surface area contributed by atoms with Crippen LogP contribution in [0, 0.1) is 0 Å². The van der Waals surface area contributed by atoms with Crippen molar-refractivity contribution >= 4 is 0 Å². The van der Waals surface area contributed by atoms with Crippen LogP contribution in [0.25, 0.3) is 0 Å². The molecule has 1 saturated heterocycles. The first kappa shape index (κ1) is 13.0. The molecule has 2 fully saturated rings. The van der Waals surface area contributed by atoms with Crippen LogP contribution in [-0.4, -0.2) is 30.1 Å². The summed E-state index contributed by atoms with van der Waals surface area (Å²) in [6.45, 7) is 2.97. The van der Waals surface area contributed by atoms with E-state index in [1.165, 1.54) is 31.9 Å². The zero-order valence-corrected chi connectivity index (χ0v) is 11.0. The Morgan fingerprint density at radius 2 is 2.11 bits per heavy atom. The number of halogens is 2. The second kappa shape index (κ2) is 5.55. The molecule has 1 heterocycles. The first-order valence-electron chi connectivity index (χ1n) is 7.07. The lowest BCUT2D eigenvalue weighted by atomic mass is 10.1. The van der Waals surface area contributed by atoms with Crippen LogP contribution >= 0.6 is 0 Å². The molecule has 3 rings (SSSR count). The van der Waals surface area contributed by atoms with E-state index < -0.39 is 6.43 Å². The van der Waals surface area contributed by atoms with Gasteiger partial charge < -0.3 is 5.32 Å². The standard InChI is InChI=1S/C15H20F2N2/c16-15(17)12-3-1-2-11(8-12)9-18-13-6-7-19(10-13)14-4-5-14/h1-3,8,13-15,18H,4-7,9-10H2. The van der Waals surface area contributed by atoms with Gasteiger partial charge in [-0.3, -0.25) is 4.90 Å². The van der Waals surface area contributed by atoms with Crippen LogP contribution in [0.15, 0.2) is 24.3 Å². The van der Waals surface area contributed by atoms with Gasteiger partial charge in [0, 0.05) is 37.3 Å². The summed E-state index contributed by atoms with van der Waals surface area (Å²) in [6, 6.07) is 8.05. The largest absolute Gasteiger partial charge is 0.309 e. The van der Waals surface area contributed by atoms with Crippen LogP contribution in [0.3, 0.4) is 0 Å². The van der Waals surface area contributed by atoms with Crippen molar-refractivity contribution in [1.82, 2.24) is 10.2 Å². The molecule has 1 unspecified atom stereocenters. The van der Waals surface area contributed by atoms with Gasteiger partial charge in [0.1, 0.15) is 0 Å². The summed E-state index contributed by atoms with van der Waals surface area (Å²) < 4.78 is 25.2. The maximum absolute atomic E-state index is 12.6. The summed E-state index contributed by atoms with van der Waals surface area (Å²) in [5, 5.41) is 3.49. The SMILES string of the molecule is FC(F)c1cccc(CNC2CCN(C3CC3)C2)c1. The number of benzene rings is 1. The Bertz CT molecular complexity index is 432. The highest BCUT2D eigenvalue weighted by molar-refractivity contribution is 5.24. The number of alkyl halides is 2. The predicted molar refractivity (Wildman–Crippen MR) is 71.2 cm³/mol. The first-order valence-corrected chi connectivity index (χ1v) is 7.07. The third-order valence-electron chi connectivity index (χ3n) is 4.08. The van der Waals surface area contributed by atoms with E-state index in [1.54, 1.807) is 12.1 Å². The monoisotopic (exact) mass is 266 g/mol. The highest BCUT2D eigenvalue weighted by Crippen LogP contribution is 2.29. The molecule has 2 aliphatic rings. The van der Waals surface area contributed by atoms with Gasteiger partial charge in [-0.05, 0) is 30.9 Å². The predicted octanol–water partition coefficient (Wildman–Crippen LogP) is 2.95. The molecular weight excluding hydrogens is 246 g/mol. The smallest absolute Gasteiger partial charge is 0.263 e. The van der Waals surface area contributed by atoms with E-state index in [9.17, 15) is 8.78 Å². The Morgan fingerprint density at radius 3 is 2.84 bits per heavy atom. The quantitative estimate of drug-likeness (QED) is 0.881. The molecule has 0 aromatic heterocycles. The van der Waals surface area contributed by atoms with Crippen molar-refractivity contribution in [3.63, 3.8) is 0 Å². The third kappa shape index (κ3) is 3.31. The van der Waals surface area contributed by atoms with Gasteiger partial charge in [0.05, 0.1) is 0 Å². The van der Waals surface area contributed by atoms with Crippen LogP contribution in [0.1, 0.15) is 36.8 Å². The molecule has 104 valence electrons. The summed E-state index contributed by atoms with van der Waals surface area (Å²) in [6.07, 6.45) is 1.49. The van der Waals surface area contributed by atoms with Crippen molar-refractivity contribution < 1.29 is 8.78 Å². The fourth-order valence-corrected chi connectivity index (χ4v) is 2.83. The van der Waals surface area contributed by atoms with Gasteiger partial charge in [0.15, 0.2) is 0 Å². The molecule has 4 heteroatoms. The molecule has 0 spiro atoms. The molecule has 1 aliphatic carbocycles. The van der Waals surface area contributed by atoms with Crippen molar-refractivity contribution in [1.29, 1.82) is 0 Å². The van der Waals surface area contributed by atoms with Gasteiger partial charge >= 0.3 is 0 Å². The summed E-state index contributed by atoms with van der Waals surface area (Å²) in [4.78, 5) is 2.55. The van der Waals surface area contributed by atoms with Gasteiger partial charge in [0.25, 0.3) is 6.43 Å². The van der Waals surface area contributed by atoms with Crippen molar-refractivity contribution in [3.05, 3.63) is 35.4 Å². The van der Waals surface area contributed by atoms with Gasteiger partial charge in [-0.2, -0.15) is 0 Å².